The molecule has 1 saturated carbocycles. The molecule has 0 atom stereocenters. The molecule has 3 rings (SSSR count). The highest BCUT2D eigenvalue weighted by atomic mass is 35.5. The zero-order valence-electron chi connectivity index (χ0n) is 9.86. The molecule has 1 aromatic heterocycles. The molecular weight excluding hydrogens is 274 g/mol. The van der Waals surface area contributed by atoms with E-state index in [0.29, 0.717) is 11.0 Å². The standard InChI is InChI=1S/C11H10ClN3O2S/c1-5-6(12)8(17)15(7(5)16)10-13-9(14-18-10)11(2)3-4-11/h3-4H2,1-2H3. The Kier molecular flexibility index (Phi) is 2.37. The molecule has 2 amide bonds. The molecule has 0 aromatic carbocycles. The summed E-state index contributed by atoms with van der Waals surface area (Å²) in [5, 5.41) is 0.275. The lowest BCUT2D eigenvalue weighted by Crippen LogP contribution is -2.31. The molecular formula is C11H10ClN3O2S. The third-order valence-electron chi connectivity index (χ3n) is 3.39. The van der Waals surface area contributed by atoms with Crippen LogP contribution in [0.5, 0.6) is 0 Å². The summed E-state index contributed by atoms with van der Waals surface area (Å²) in [6.45, 7) is 3.61. The minimum absolute atomic E-state index is 0.0207. The van der Waals surface area contributed by atoms with Crippen LogP contribution in [0.3, 0.4) is 0 Å². The molecule has 7 heteroatoms. The van der Waals surface area contributed by atoms with Gasteiger partial charge >= 0.3 is 0 Å². The van der Waals surface area contributed by atoms with Crippen LogP contribution in [0.2, 0.25) is 0 Å². The fraction of sp³-hybridized carbons (Fsp3) is 0.455. The van der Waals surface area contributed by atoms with Gasteiger partial charge in [0.1, 0.15) is 5.03 Å². The summed E-state index contributed by atoms with van der Waals surface area (Å²) >= 11 is 6.85. The van der Waals surface area contributed by atoms with Crippen LogP contribution in [0.4, 0.5) is 5.13 Å². The van der Waals surface area contributed by atoms with Crippen molar-refractivity contribution >= 4 is 40.1 Å². The lowest BCUT2D eigenvalue weighted by molar-refractivity contribution is -0.120. The molecule has 0 spiro atoms. The summed E-state index contributed by atoms with van der Waals surface area (Å²) in [6, 6.07) is 0. The van der Waals surface area contributed by atoms with Crippen molar-refractivity contribution in [1.29, 1.82) is 0 Å². The van der Waals surface area contributed by atoms with Gasteiger partial charge < -0.3 is 0 Å². The van der Waals surface area contributed by atoms with Crippen LogP contribution in [0.15, 0.2) is 10.6 Å². The van der Waals surface area contributed by atoms with Crippen LogP contribution in [0.1, 0.15) is 32.5 Å². The number of nitrogens with zero attached hydrogens (tertiary/aromatic N) is 3. The third kappa shape index (κ3) is 1.52. The molecule has 18 heavy (non-hydrogen) atoms. The Labute approximate surface area is 113 Å². The van der Waals surface area contributed by atoms with Gasteiger partial charge in [-0.1, -0.05) is 18.5 Å². The number of amides is 2. The van der Waals surface area contributed by atoms with E-state index in [1.807, 2.05) is 0 Å². The van der Waals surface area contributed by atoms with Crippen LogP contribution >= 0.6 is 23.1 Å². The van der Waals surface area contributed by atoms with E-state index < -0.39 is 11.8 Å². The first-order valence-corrected chi connectivity index (χ1v) is 6.68. The van der Waals surface area contributed by atoms with Crippen LogP contribution in [-0.2, 0) is 15.0 Å². The maximum atomic E-state index is 11.9. The zero-order valence-corrected chi connectivity index (χ0v) is 11.4. The summed E-state index contributed by atoms with van der Waals surface area (Å²) in [5.41, 5.74) is 0.281. The molecule has 94 valence electrons. The number of carbonyl (C=O) groups is 2. The van der Waals surface area contributed by atoms with E-state index in [4.69, 9.17) is 11.6 Å². The largest absolute Gasteiger partial charge is 0.279 e. The molecule has 1 aromatic rings. The lowest BCUT2D eigenvalue weighted by atomic mass is 10.1. The highest BCUT2D eigenvalue weighted by molar-refractivity contribution is 7.10. The predicted molar refractivity (Wildman–Crippen MR) is 67.5 cm³/mol. The highest BCUT2D eigenvalue weighted by Gasteiger charge is 2.44. The average Bonchev–Trinajstić information content (AvgIpc) is 2.85. The summed E-state index contributed by atoms with van der Waals surface area (Å²) in [5.74, 6) is -0.208. The van der Waals surface area contributed by atoms with E-state index in [0.717, 1.165) is 29.3 Å². The summed E-state index contributed by atoms with van der Waals surface area (Å²) < 4.78 is 4.24. The van der Waals surface area contributed by atoms with E-state index in [9.17, 15) is 9.59 Å². The fourth-order valence-electron chi connectivity index (χ4n) is 1.75. The number of anilines is 1. The molecule has 2 aliphatic rings. The molecule has 5 nitrogen and oxygen atoms in total. The Morgan fingerprint density at radius 3 is 2.50 bits per heavy atom. The van der Waals surface area contributed by atoms with E-state index in [1.54, 1.807) is 0 Å². The number of hydrogen-bond acceptors (Lipinski definition) is 5. The van der Waals surface area contributed by atoms with Crippen LogP contribution in [-0.4, -0.2) is 21.2 Å². The number of imide groups is 1. The molecule has 0 unspecified atom stereocenters. The highest BCUT2D eigenvalue weighted by Crippen LogP contribution is 2.47. The van der Waals surface area contributed by atoms with Gasteiger partial charge in [-0.15, -0.1) is 0 Å². The molecule has 2 heterocycles. The molecule has 0 saturated heterocycles. The van der Waals surface area contributed by atoms with Gasteiger partial charge in [0.2, 0.25) is 5.13 Å². The summed E-state index contributed by atoms with van der Waals surface area (Å²) in [6.07, 6.45) is 2.09. The number of hydrogen-bond donors (Lipinski definition) is 0. The monoisotopic (exact) mass is 283 g/mol. The number of aromatic nitrogens is 2. The molecule has 0 bridgehead atoms. The van der Waals surface area contributed by atoms with E-state index >= 15 is 0 Å². The summed E-state index contributed by atoms with van der Waals surface area (Å²) in [4.78, 5) is 29.1. The average molecular weight is 284 g/mol. The Bertz CT molecular complexity index is 579. The first kappa shape index (κ1) is 11.8. The smallest absolute Gasteiger partial charge is 0.268 e. The van der Waals surface area contributed by atoms with Crippen molar-refractivity contribution in [3.63, 3.8) is 0 Å². The van der Waals surface area contributed by atoms with Gasteiger partial charge in [-0.05, 0) is 19.8 Å². The van der Waals surface area contributed by atoms with Gasteiger partial charge in [0.15, 0.2) is 5.82 Å². The van der Waals surface area contributed by atoms with Crippen molar-refractivity contribution in [1.82, 2.24) is 9.36 Å². The Morgan fingerprint density at radius 1 is 1.33 bits per heavy atom. The van der Waals surface area contributed by atoms with Crippen molar-refractivity contribution in [2.75, 3.05) is 4.90 Å². The first-order chi connectivity index (χ1) is 8.44. The maximum absolute atomic E-state index is 11.9. The molecule has 1 fully saturated rings. The minimum Gasteiger partial charge on any atom is -0.268 e. The van der Waals surface area contributed by atoms with E-state index in [-0.39, 0.29) is 16.0 Å². The van der Waals surface area contributed by atoms with Gasteiger partial charge in [-0.2, -0.15) is 4.37 Å². The van der Waals surface area contributed by atoms with Gasteiger partial charge in [0.25, 0.3) is 11.8 Å². The fourth-order valence-corrected chi connectivity index (χ4v) is 2.72. The Morgan fingerprint density at radius 2 is 2.00 bits per heavy atom. The topological polar surface area (TPSA) is 63.2 Å². The van der Waals surface area contributed by atoms with Crippen LogP contribution in [0, 0.1) is 0 Å². The maximum Gasteiger partial charge on any atom is 0.279 e. The van der Waals surface area contributed by atoms with Crippen LogP contribution < -0.4 is 4.90 Å². The van der Waals surface area contributed by atoms with Crippen molar-refractivity contribution < 1.29 is 9.59 Å². The minimum atomic E-state index is -0.511. The number of carbonyl (C=O) groups excluding carboxylic acids is 2. The molecule has 1 aliphatic heterocycles. The SMILES string of the molecule is CC1=C(Cl)C(=O)N(c2nc(C3(C)CC3)ns2)C1=O. The van der Waals surface area contributed by atoms with Crippen LogP contribution in [0.25, 0.3) is 0 Å². The van der Waals surface area contributed by atoms with Crippen molar-refractivity contribution in [2.24, 2.45) is 0 Å². The van der Waals surface area contributed by atoms with Gasteiger partial charge in [-0.25, -0.2) is 9.88 Å². The molecule has 0 radical (unpaired) electrons. The number of rotatable bonds is 2. The second-order valence-electron chi connectivity index (χ2n) is 4.85. The first-order valence-electron chi connectivity index (χ1n) is 5.53. The van der Waals surface area contributed by atoms with Gasteiger partial charge in [0.05, 0.1) is 0 Å². The quantitative estimate of drug-likeness (QED) is 0.779. The third-order valence-corrected chi connectivity index (χ3v) is 4.54. The van der Waals surface area contributed by atoms with E-state index in [1.165, 1.54) is 6.92 Å². The second kappa shape index (κ2) is 3.61. The molecule has 1 aliphatic carbocycles. The normalized spacial score (nSPS) is 22.1. The Balaban J connectivity index is 1.95. The van der Waals surface area contributed by atoms with E-state index in [2.05, 4.69) is 16.3 Å². The Hall–Kier alpha value is -1.27. The number of halogens is 1. The lowest BCUT2D eigenvalue weighted by Gasteiger charge is -2.09. The van der Waals surface area contributed by atoms with Crippen molar-refractivity contribution in [3.8, 4) is 0 Å². The predicted octanol–water partition coefficient (Wildman–Crippen LogP) is 1.98. The van der Waals surface area contributed by atoms with Gasteiger partial charge in [-0.3, -0.25) is 9.59 Å². The van der Waals surface area contributed by atoms with Crippen molar-refractivity contribution in [2.45, 2.75) is 32.1 Å². The van der Waals surface area contributed by atoms with Gasteiger partial charge in [0, 0.05) is 22.5 Å². The summed E-state index contributed by atoms with van der Waals surface area (Å²) in [7, 11) is 0. The van der Waals surface area contributed by atoms with Crippen molar-refractivity contribution in [3.05, 3.63) is 16.4 Å². The molecule has 0 N–H and O–H groups in total. The zero-order chi connectivity index (χ0) is 13.1. The second-order valence-corrected chi connectivity index (χ2v) is 5.95.